The Balaban J connectivity index is 2.65. The predicted molar refractivity (Wildman–Crippen MR) is 72.6 cm³/mol. The van der Waals surface area contributed by atoms with Gasteiger partial charge >= 0.3 is 0 Å². The van der Waals surface area contributed by atoms with Crippen LogP contribution in [0.25, 0.3) is 0 Å². The normalized spacial score (nSPS) is 33.8. The molecule has 4 atom stereocenters. The third kappa shape index (κ3) is 3.48. The van der Waals surface area contributed by atoms with Gasteiger partial charge in [-0.2, -0.15) is 0 Å². The Labute approximate surface area is 102 Å². The van der Waals surface area contributed by atoms with Gasteiger partial charge in [-0.05, 0) is 42.6 Å². The summed E-state index contributed by atoms with van der Waals surface area (Å²) >= 11 is 0. The van der Waals surface area contributed by atoms with Gasteiger partial charge in [-0.15, -0.1) is 0 Å². The highest BCUT2D eigenvalue weighted by atomic mass is 14.9. The van der Waals surface area contributed by atoms with Gasteiger partial charge in [0.05, 0.1) is 0 Å². The van der Waals surface area contributed by atoms with Crippen LogP contribution in [-0.2, 0) is 0 Å². The monoisotopic (exact) mass is 225 g/mol. The van der Waals surface area contributed by atoms with E-state index in [0.717, 1.165) is 24.3 Å². The maximum Gasteiger partial charge on any atom is 0.0144 e. The molecule has 1 aliphatic rings. The fourth-order valence-electron chi connectivity index (χ4n) is 3.29. The van der Waals surface area contributed by atoms with Crippen LogP contribution in [0.15, 0.2) is 0 Å². The Morgan fingerprint density at radius 1 is 1.12 bits per heavy atom. The molecule has 0 aromatic carbocycles. The summed E-state index contributed by atoms with van der Waals surface area (Å²) in [6.45, 7) is 15.3. The minimum atomic E-state index is 0.390. The molecule has 0 aliphatic heterocycles. The van der Waals surface area contributed by atoms with Crippen LogP contribution in [0.2, 0.25) is 0 Å². The smallest absolute Gasteiger partial charge is 0.0144 e. The lowest BCUT2D eigenvalue weighted by Gasteiger charge is -2.43. The largest absolute Gasteiger partial charge is 0.313 e. The fourth-order valence-corrected chi connectivity index (χ4v) is 3.29. The van der Waals surface area contributed by atoms with Crippen molar-refractivity contribution in [3.63, 3.8) is 0 Å². The topological polar surface area (TPSA) is 12.0 Å². The zero-order chi connectivity index (χ0) is 12.3. The fraction of sp³-hybridized carbons (Fsp3) is 1.00. The highest BCUT2D eigenvalue weighted by Crippen LogP contribution is 2.39. The van der Waals surface area contributed by atoms with Crippen LogP contribution in [0.3, 0.4) is 0 Å². The first-order chi connectivity index (χ1) is 7.36. The van der Waals surface area contributed by atoms with E-state index in [-0.39, 0.29) is 0 Å². The summed E-state index contributed by atoms with van der Waals surface area (Å²) < 4.78 is 0. The van der Waals surface area contributed by atoms with Crippen molar-refractivity contribution in [1.29, 1.82) is 0 Å². The van der Waals surface area contributed by atoms with Crippen molar-refractivity contribution in [2.45, 2.75) is 66.8 Å². The summed E-state index contributed by atoms with van der Waals surface area (Å²) in [4.78, 5) is 0. The van der Waals surface area contributed by atoms with Gasteiger partial charge in [-0.3, -0.25) is 0 Å². The van der Waals surface area contributed by atoms with E-state index in [4.69, 9.17) is 0 Å². The maximum atomic E-state index is 3.73. The standard InChI is InChI=1S/C15H31N/c1-7-16-14(15(4,5)6)13-9-8-11(2)12(3)10-13/h11-14,16H,7-10H2,1-6H3. The van der Waals surface area contributed by atoms with Gasteiger partial charge in [-0.1, -0.05) is 48.0 Å². The van der Waals surface area contributed by atoms with Gasteiger partial charge in [0.15, 0.2) is 0 Å². The number of nitrogens with one attached hydrogen (secondary N) is 1. The third-order valence-corrected chi connectivity index (χ3v) is 4.47. The molecule has 1 heteroatoms. The minimum absolute atomic E-state index is 0.390. The summed E-state index contributed by atoms with van der Waals surface area (Å²) in [5.74, 6) is 2.71. The zero-order valence-electron chi connectivity index (χ0n) is 12.1. The Hall–Kier alpha value is -0.0400. The van der Waals surface area contributed by atoms with E-state index in [1.807, 2.05) is 0 Å². The van der Waals surface area contributed by atoms with Crippen LogP contribution < -0.4 is 5.32 Å². The summed E-state index contributed by atoms with van der Waals surface area (Å²) in [7, 11) is 0. The maximum absolute atomic E-state index is 3.73. The van der Waals surface area contributed by atoms with Crippen molar-refractivity contribution < 1.29 is 0 Å². The lowest BCUT2D eigenvalue weighted by molar-refractivity contribution is 0.113. The first kappa shape index (κ1) is 14.0. The lowest BCUT2D eigenvalue weighted by atomic mass is 9.68. The SMILES string of the molecule is CCNC(C1CCC(C)C(C)C1)C(C)(C)C. The van der Waals surface area contributed by atoms with Crippen LogP contribution >= 0.6 is 0 Å². The van der Waals surface area contributed by atoms with Gasteiger partial charge in [-0.25, -0.2) is 0 Å². The van der Waals surface area contributed by atoms with Crippen molar-refractivity contribution in [2.75, 3.05) is 6.54 Å². The van der Waals surface area contributed by atoms with E-state index in [0.29, 0.717) is 11.5 Å². The third-order valence-electron chi connectivity index (χ3n) is 4.47. The molecule has 96 valence electrons. The summed E-state index contributed by atoms with van der Waals surface area (Å²) in [5, 5.41) is 3.73. The van der Waals surface area contributed by atoms with Crippen molar-refractivity contribution in [1.82, 2.24) is 5.32 Å². The van der Waals surface area contributed by atoms with Crippen molar-refractivity contribution in [3.8, 4) is 0 Å². The number of hydrogen-bond acceptors (Lipinski definition) is 1. The number of hydrogen-bond donors (Lipinski definition) is 1. The molecule has 0 spiro atoms. The highest BCUT2D eigenvalue weighted by Gasteiger charge is 2.35. The molecule has 0 aromatic rings. The second-order valence-electron chi connectivity index (χ2n) is 6.93. The van der Waals surface area contributed by atoms with Gasteiger partial charge < -0.3 is 5.32 Å². The van der Waals surface area contributed by atoms with Gasteiger partial charge in [0.1, 0.15) is 0 Å². The molecule has 4 unspecified atom stereocenters. The molecular formula is C15H31N. The zero-order valence-corrected chi connectivity index (χ0v) is 12.1. The van der Waals surface area contributed by atoms with Crippen LogP contribution in [0, 0.1) is 23.2 Å². The van der Waals surface area contributed by atoms with E-state index in [1.54, 1.807) is 0 Å². The summed E-state index contributed by atoms with van der Waals surface area (Å²) in [5.41, 5.74) is 0.390. The van der Waals surface area contributed by atoms with Crippen molar-refractivity contribution in [3.05, 3.63) is 0 Å². The van der Waals surface area contributed by atoms with Gasteiger partial charge in [0.25, 0.3) is 0 Å². The average Bonchev–Trinajstić information content (AvgIpc) is 2.17. The van der Waals surface area contributed by atoms with E-state index in [9.17, 15) is 0 Å². The summed E-state index contributed by atoms with van der Waals surface area (Å²) in [6, 6.07) is 0.687. The molecule has 0 radical (unpaired) electrons. The molecule has 0 heterocycles. The lowest BCUT2D eigenvalue weighted by Crippen LogP contribution is -2.47. The molecular weight excluding hydrogens is 194 g/mol. The Morgan fingerprint density at radius 2 is 1.75 bits per heavy atom. The molecule has 1 N–H and O–H groups in total. The van der Waals surface area contributed by atoms with Gasteiger partial charge in [0, 0.05) is 6.04 Å². The predicted octanol–water partition coefficient (Wildman–Crippen LogP) is 4.08. The van der Waals surface area contributed by atoms with Crippen molar-refractivity contribution >= 4 is 0 Å². The van der Waals surface area contributed by atoms with E-state index >= 15 is 0 Å². The highest BCUT2D eigenvalue weighted by molar-refractivity contribution is 4.90. The Bertz CT molecular complexity index is 204. The van der Waals surface area contributed by atoms with Crippen LogP contribution in [0.1, 0.15) is 60.8 Å². The van der Waals surface area contributed by atoms with E-state index in [1.165, 1.54) is 19.3 Å². The molecule has 0 saturated heterocycles. The van der Waals surface area contributed by atoms with Crippen LogP contribution in [0.4, 0.5) is 0 Å². The van der Waals surface area contributed by atoms with Crippen LogP contribution in [-0.4, -0.2) is 12.6 Å². The average molecular weight is 225 g/mol. The first-order valence-electron chi connectivity index (χ1n) is 7.09. The second kappa shape index (κ2) is 5.53. The molecule has 1 saturated carbocycles. The quantitative estimate of drug-likeness (QED) is 0.763. The first-order valence-corrected chi connectivity index (χ1v) is 7.09. The molecule has 1 nitrogen and oxygen atoms in total. The van der Waals surface area contributed by atoms with Crippen LogP contribution in [0.5, 0.6) is 0 Å². The number of rotatable bonds is 3. The molecule has 16 heavy (non-hydrogen) atoms. The van der Waals surface area contributed by atoms with Gasteiger partial charge in [0.2, 0.25) is 0 Å². The molecule has 0 bridgehead atoms. The minimum Gasteiger partial charge on any atom is -0.313 e. The molecule has 0 aromatic heterocycles. The molecule has 1 fully saturated rings. The Morgan fingerprint density at radius 3 is 2.19 bits per heavy atom. The molecule has 1 rings (SSSR count). The van der Waals surface area contributed by atoms with E-state index < -0.39 is 0 Å². The Kier molecular flexibility index (Phi) is 4.85. The van der Waals surface area contributed by atoms with Crippen molar-refractivity contribution in [2.24, 2.45) is 23.2 Å². The molecule has 1 aliphatic carbocycles. The molecule has 0 amide bonds. The summed E-state index contributed by atoms with van der Waals surface area (Å²) in [6.07, 6.45) is 4.25. The second-order valence-corrected chi connectivity index (χ2v) is 6.93. The van der Waals surface area contributed by atoms with E-state index in [2.05, 4.69) is 46.9 Å².